The van der Waals surface area contributed by atoms with Crippen LogP contribution in [0.15, 0.2) is 72.9 Å². The van der Waals surface area contributed by atoms with Crippen LogP contribution < -0.4 is 34.1 Å². The number of ether oxygens (including phenoxy) is 5. The number of rotatable bonds is 14. The summed E-state index contributed by atoms with van der Waals surface area (Å²) in [5.41, 5.74) is -1.54. The molecule has 2 bridgehead atoms. The second-order valence-corrected chi connectivity index (χ2v) is 17.1. The Labute approximate surface area is 381 Å². The molecule has 0 unspecified atom stereocenters. The fourth-order valence-corrected chi connectivity index (χ4v) is 9.32. The lowest BCUT2D eigenvalue weighted by Crippen LogP contribution is -2.38. The molecule has 2 saturated heterocycles. The molecule has 0 spiro atoms. The normalized spacial score (nSPS) is 18.0. The number of anilines is 3. The van der Waals surface area contributed by atoms with Crippen LogP contribution in [0.2, 0.25) is 5.02 Å². The van der Waals surface area contributed by atoms with E-state index in [4.69, 9.17) is 40.3 Å². The summed E-state index contributed by atoms with van der Waals surface area (Å²) in [5.74, 6) is 0.123. The van der Waals surface area contributed by atoms with E-state index in [0.717, 1.165) is 24.0 Å². The molecule has 19 heteroatoms. The summed E-state index contributed by atoms with van der Waals surface area (Å²) < 4.78 is 93.3. The second kappa shape index (κ2) is 17.6. The Kier molecular flexibility index (Phi) is 11.9. The monoisotopic (exact) mass is 929 g/mol. The van der Waals surface area contributed by atoms with Gasteiger partial charge in [0.2, 0.25) is 0 Å². The Balaban J connectivity index is 1.23. The maximum absolute atomic E-state index is 17.9. The number of nitrogens with zero attached hydrogens (tertiary/aromatic N) is 6. The van der Waals surface area contributed by atoms with Crippen LogP contribution in [0.4, 0.5) is 39.8 Å². The molecule has 6 heterocycles. The third kappa shape index (κ3) is 8.50. The molecule has 1 atom stereocenters. The number of fused-ring (bicyclic) bond motifs is 1. The van der Waals surface area contributed by atoms with Crippen molar-refractivity contribution in [3.8, 4) is 34.5 Å². The number of alkyl halides is 3. The SMILES string of the molecule is COc1ccc(CN(Cc2ccc(OC)cc2)c2cc(C)c(C(F)(F)F)c(-c3c(Cl)c4c5c(nc(OCC67COC(C6)C7)nc5c3F)N([C@H](C)c3cccnc3NC(=O)O)CCO4)n2)cc1. The predicted octanol–water partition coefficient (Wildman–Crippen LogP) is 10.0. The van der Waals surface area contributed by atoms with Crippen LogP contribution >= 0.6 is 11.6 Å². The summed E-state index contributed by atoms with van der Waals surface area (Å²) in [7, 11) is 3.09. The van der Waals surface area contributed by atoms with Crippen molar-refractivity contribution in [2.45, 2.75) is 58.1 Å². The number of hydrogen-bond acceptors (Lipinski definition) is 12. The topological polar surface area (TPSA) is 154 Å². The summed E-state index contributed by atoms with van der Waals surface area (Å²) >= 11 is 7.15. The Morgan fingerprint density at radius 1 is 1.03 bits per heavy atom. The number of nitrogens with one attached hydrogen (secondary N) is 1. The van der Waals surface area contributed by atoms with Crippen molar-refractivity contribution in [1.29, 1.82) is 0 Å². The molecule has 3 fully saturated rings. The highest BCUT2D eigenvalue weighted by molar-refractivity contribution is 6.36. The van der Waals surface area contributed by atoms with Crippen molar-refractivity contribution in [3.63, 3.8) is 0 Å². The van der Waals surface area contributed by atoms with Crippen LogP contribution in [-0.2, 0) is 24.0 Å². The lowest BCUT2D eigenvalue weighted by atomic mass is 9.71. The van der Waals surface area contributed by atoms with Crippen molar-refractivity contribution in [2.75, 3.05) is 55.7 Å². The lowest BCUT2D eigenvalue weighted by molar-refractivity contribution is -0.137. The van der Waals surface area contributed by atoms with Crippen LogP contribution in [0, 0.1) is 18.2 Å². The number of hydrogen-bond donors (Lipinski definition) is 2. The van der Waals surface area contributed by atoms with Crippen molar-refractivity contribution in [2.24, 2.45) is 5.41 Å². The van der Waals surface area contributed by atoms with Gasteiger partial charge in [-0.2, -0.15) is 23.1 Å². The fraction of sp³-hybridized carbons (Fsp3) is 0.340. The van der Waals surface area contributed by atoms with Gasteiger partial charge in [-0.15, -0.1) is 0 Å². The van der Waals surface area contributed by atoms with Gasteiger partial charge in [0.05, 0.1) is 73.4 Å². The molecule has 0 radical (unpaired) electrons. The molecular formula is C47H44ClF4N7O7. The third-order valence-electron chi connectivity index (χ3n) is 12.3. The predicted molar refractivity (Wildman–Crippen MR) is 237 cm³/mol. The summed E-state index contributed by atoms with van der Waals surface area (Å²) in [6.07, 6.45) is -3.27. The van der Waals surface area contributed by atoms with Gasteiger partial charge in [0, 0.05) is 30.3 Å². The first-order valence-electron chi connectivity index (χ1n) is 21.1. The van der Waals surface area contributed by atoms with Gasteiger partial charge >= 0.3 is 18.3 Å². The number of aromatic nitrogens is 4. The van der Waals surface area contributed by atoms with Crippen LogP contribution in [0.1, 0.15) is 53.6 Å². The molecule has 3 aromatic heterocycles. The summed E-state index contributed by atoms with van der Waals surface area (Å²) in [5, 5.41) is 11.4. The maximum Gasteiger partial charge on any atom is 0.418 e. The summed E-state index contributed by atoms with van der Waals surface area (Å²) in [4.78, 5) is 33.5. The van der Waals surface area contributed by atoms with E-state index in [1.54, 1.807) is 67.3 Å². The molecule has 6 aromatic rings. The van der Waals surface area contributed by atoms with E-state index >= 15 is 17.6 Å². The molecule has 3 aromatic carbocycles. The van der Waals surface area contributed by atoms with Gasteiger partial charge in [-0.05, 0) is 79.8 Å². The van der Waals surface area contributed by atoms with Gasteiger partial charge in [0.15, 0.2) is 11.6 Å². The Morgan fingerprint density at radius 2 is 1.70 bits per heavy atom. The Hall–Kier alpha value is -6.66. The van der Waals surface area contributed by atoms with Crippen molar-refractivity contribution in [3.05, 3.63) is 112 Å². The van der Waals surface area contributed by atoms with E-state index in [9.17, 15) is 9.90 Å². The molecule has 1 amide bonds. The van der Waals surface area contributed by atoms with Gasteiger partial charge in [-0.25, -0.2) is 19.2 Å². The molecule has 66 heavy (non-hydrogen) atoms. The minimum Gasteiger partial charge on any atom is -0.497 e. The van der Waals surface area contributed by atoms with Crippen LogP contribution in [0.3, 0.4) is 0 Å². The first-order chi connectivity index (χ1) is 31.6. The van der Waals surface area contributed by atoms with Crippen LogP contribution in [0.25, 0.3) is 22.2 Å². The quantitative estimate of drug-likeness (QED) is 0.0998. The number of halogens is 5. The standard InChI is InChI=1S/C47H44ClF4N7O7/c1-25-18-33(58(21-27-7-11-29(62-3)12-8-27)22-28-9-13-30(63-4)14-10-28)54-39(36(25)47(50,51)52)34-37(48)41-35-40(38(34)49)55-44(66-24-46-19-31(20-46)65-23-46)57-43(35)59(16-17-64-41)26(2)32-6-5-15-53-42(32)56-45(60)61/h5-15,18,26,31H,16-17,19-24H2,1-4H3,(H,53,56)(H,60,61)/t26-,31?,46?/m1/s1. The van der Waals surface area contributed by atoms with Crippen LogP contribution in [0.5, 0.6) is 23.3 Å². The minimum absolute atomic E-state index is 0.0253. The van der Waals surface area contributed by atoms with Crippen LogP contribution in [-0.4, -0.2) is 77.8 Å². The second-order valence-electron chi connectivity index (χ2n) is 16.7. The summed E-state index contributed by atoms with van der Waals surface area (Å²) in [6, 6.07) is 18.2. The number of pyridine rings is 2. The van der Waals surface area contributed by atoms with E-state index in [1.807, 2.05) is 24.3 Å². The number of carboxylic acid groups (broad SMARTS) is 1. The highest BCUT2D eigenvalue weighted by Gasteiger charge is 2.52. The first kappa shape index (κ1) is 44.5. The number of aryl methyl sites for hydroxylation is 1. The summed E-state index contributed by atoms with van der Waals surface area (Å²) in [6.45, 7) is 4.04. The van der Waals surface area contributed by atoms with E-state index in [1.165, 1.54) is 19.2 Å². The van der Waals surface area contributed by atoms with E-state index in [-0.39, 0.29) is 84.5 Å². The average Bonchev–Trinajstić information content (AvgIpc) is 3.84. The molecule has 14 nitrogen and oxygen atoms in total. The van der Waals surface area contributed by atoms with Gasteiger partial charge < -0.3 is 38.6 Å². The number of carbonyl (C=O) groups is 1. The van der Waals surface area contributed by atoms with Crippen molar-refractivity contribution in [1.82, 2.24) is 19.9 Å². The van der Waals surface area contributed by atoms with Gasteiger partial charge in [0.1, 0.15) is 41.1 Å². The Bertz CT molecular complexity index is 2760. The zero-order chi connectivity index (χ0) is 46.5. The molecule has 344 valence electrons. The molecule has 1 aliphatic carbocycles. The highest BCUT2D eigenvalue weighted by Crippen LogP contribution is 2.53. The zero-order valence-electron chi connectivity index (χ0n) is 36.2. The zero-order valence-corrected chi connectivity index (χ0v) is 37.0. The molecule has 10 rings (SSSR count). The average molecular weight is 930 g/mol. The molecular weight excluding hydrogens is 886 g/mol. The van der Waals surface area contributed by atoms with Gasteiger partial charge in [-0.3, -0.25) is 5.32 Å². The molecule has 3 aliphatic heterocycles. The van der Waals surface area contributed by atoms with E-state index in [2.05, 4.69) is 20.3 Å². The highest BCUT2D eigenvalue weighted by atomic mass is 35.5. The van der Waals surface area contributed by atoms with Crippen molar-refractivity contribution < 1.29 is 51.1 Å². The van der Waals surface area contributed by atoms with Crippen molar-refractivity contribution >= 4 is 46.1 Å². The number of amides is 1. The Morgan fingerprint density at radius 3 is 2.29 bits per heavy atom. The fourth-order valence-electron chi connectivity index (χ4n) is 9.00. The smallest absolute Gasteiger partial charge is 0.418 e. The number of benzene rings is 3. The van der Waals surface area contributed by atoms with E-state index < -0.39 is 51.5 Å². The van der Waals surface area contributed by atoms with Gasteiger partial charge in [0.25, 0.3) is 0 Å². The lowest BCUT2D eigenvalue weighted by Gasteiger charge is -2.34. The molecule has 2 N–H and O–H groups in total. The van der Waals surface area contributed by atoms with Gasteiger partial charge in [-0.1, -0.05) is 41.9 Å². The first-order valence-corrected chi connectivity index (χ1v) is 21.4. The van der Waals surface area contributed by atoms with E-state index in [0.29, 0.717) is 23.7 Å². The maximum atomic E-state index is 17.9. The molecule has 4 aliphatic rings. The number of methoxy groups -OCH3 is 2. The molecule has 1 saturated carbocycles. The minimum atomic E-state index is -5.02. The third-order valence-corrected chi connectivity index (χ3v) is 12.7. The largest absolute Gasteiger partial charge is 0.497 e.